The highest BCUT2D eigenvalue weighted by Gasteiger charge is 2.30. The number of anilines is 2. The zero-order chi connectivity index (χ0) is 18.6. The van der Waals surface area contributed by atoms with E-state index < -0.39 is 11.7 Å². The summed E-state index contributed by atoms with van der Waals surface area (Å²) in [6.07, 6.45) is 2.48. The van der Waals surface area contributed by atoms with E-state index in [4.69, 9.17) is 0 Å². The van der Waals surface area contributed by atoms with Crippen LogP contribution in [0.5, 0.6) is 0 Å². The first-order valence-corrected chi connectivity index (χ1v) is 8.63. The van der Waals surface area contributed by atoms with Gasteiger partial charge in [-0.05, 0) is 43.2 Å². The molecule has 1 saturated carbocycles. The monoisotopic (exact) mass is 363 g/mol. The molecule has 1 aromatic heterocycles. The van der Waals surface area contributed by atoms with Crippen LogP contribution in [0, 0.1) is 0 Å². The predicted molar refractivity (Wildman–Crippen MR) is 93.3 cm³/mol. The summed E-state index contributed by atoms with van der Waals surface area (Å²) in [4.78, 5) is 16.3. The molecule has 0 saturated heterocycles. The Bertz CT molecular complexity index is 753. The minimum Gasteiger partial charge on any atom is -0.354 e. The van der Waals surface area contributed by atoms with Gasteiger partial charge in [0.25, 0.3) is 5.91 Å². The Morgan fingerprint density at radius 3 is 2.46 bits per heavy atom. The summed E-state index contributed by atoms with van der Waals surface area (Å²) in [6.45, 7) is 0. The lowest BCUT2D eigenvalue weighted by molar-refractivity contribution is -0.137. The molecule has 0 unspecified atom stereocenters. The second-order valence-corrected chi connectivity index (χ2v) is 6.44. The topological polar surface area (TPSA) is 54.0 Å². The minimum atomic E-state index is -4.39. The van der Waals surface area contributed by atoms with Gasteiger partial charge in [-0.3, -0.25) is 4.79 Å². The van der Waals surface area contributed by atoms with Gasteiger partial charge < -0.3 is 10.6 Å². The Balaban J connectivity index is 1.63. The number of carbonyl (C=O) groups is 1. The SMILES string of the molecule is O=C(NC1CCCCC1)c1ccc(Nc2cccc(C(F)(F)F)c2)cn1. The highest BCUT2D eigenvalue weighted by Crippen LogP contribution is 2.31. The number of benzene rings is 1. The van der Waals surface area contributed by atoms with Crippen molar-refractivity contribution < 1.29 is 18.0 Å². The van der Waals surface area contributed by atoms with Crippen LogP contribution in [0.25, 0.3) is 0 Å². The largest absolute Gasteiger partial charge is 0.416 e. The van der Waals surface area contributed by atoms with E-state index in [1.807, 2.05) is 0 Å². The number of nitrogens with one attached hydrogen (secondary N) is 2. The highest BCUT2D eigenvalue weighted by atomic mass is 19.4. The molecule has 0 radical (unpaired) electrons. The standard InChI is InChI=1S/C19H20F3N3O/c20-19(21,22)13-5-4-8-15(11-13)24-16-9-10-17(23-12-16)18(26)25-14-6-2-1-3-7-14/h4-5,8-12,14,24H,1-3,6-7H2,(H,25,26). The molecule has 3 rings (SSSR count). The molecule has 138 valence electrons. The van der Waals surface area contributed by atoms with Gasteiger partial charge in [0.05, 0.1) is 17.4 Å². The van der Waals surface area contributed by atoms with Crippen molar-refractivity contribution in [3.63, 3.8) is 0 Å². The fourth-order valence-electron chi connectivity index (χ4n) is 3.05. The van der Waals surface area contributed by atoms with Crippen LogP contribution in [0.4, 0.5) is 24.5 Å². The first-order valence-electron chi connectivity index (χ1n) is 8.63. The minimum absolute atomic E-state index is 0.195. The molecule has 1 heterocycles. The number of hydrogen-bond acceptors (Lipinski definition) is 3. The average molecular weight is 363 g/mol. The number of rotatable bonds is 4. The first kappa shape index (κ1) is 18.2. The second kappa shape index (κ2) is 7.76. The fraction of sp³-hybridized carbons (Fsp3) is 0.368. The molecule has 1 amide bonds. The molecule has 1 aliphatic rings. The van der Waals surface area contributed by atoms with Crippen molar-refractivity contribution in [2.45, 2.75) is 44.3 Å². The molecule has 1 aromatic carbocycles. The van der Waals surface area contributed by atoms with Crippen molar-refractivity contribution >= 4 is 17.3 Å². The van der Waals surface area contributed by atoms with Crippen LogP contribution < -0.4 is 10.6 Å². The number of amides is 1. The van der Waals surface area contributed by atoms with E-state index in [-0.39, 0.29) is 11.9 Å². The molecule has 0 spiro atoms. The maximum atomic E-state index is 12.8. The number of nitrogens with zero attached hydrogens (tertiary/aromatic N) is 1. The van der Waals surface area contributed by atoms with Gasteiger partial charge in [-0.25, -0.2) is 4.98 Å². The van der Waals surface area contributed by atoms with Crippen molar-refractivity contribution in [2.75, 3.05) is 5.32 Å². The van der Waals surface area contributed by atoms with E-state index in [1.54, 1.807) is 18.2 Å². The number of hydrogen-bond donors (Lipinski definition) is 2. The molecule has 2 N–H and O–H groups in total. The first-order chi connectivity index (χ1) is 12.4. The van der Waals surface area contributed by atoms with E-state index in [0.29, 0.717) is 17.1 Å². The predicted octanol–water partition coefficient (Wildman–Crippen LogP) is 4.91. The van der Waals surface area contributed by atoms with Crippen LogP contribution in [0.2, 0.25) is 0 Å². The van der Waals surface area contributed by atoms with Gasteiger partial charge in [-0.15, -0.1) is 0 Å². The smallest absolute Gasteiger partial charge is 0.354 e. The molecule has 26 heavy (non-hydrogen) atoms. The molecular weight excluding hydrogens is 343 g/mol. The molecule has 0 atom stereocenters. The Labute approximate surface area is 149 Å². The van der Waals surface area contributed by atoms with Gasteiger partial charge in [0, 0.05) is 11.7 Å². The number of pyridine rings is 1. The van der Waals surface area contributed by atoms with Gasteiger partial charge in [-0.1, -0.05) is 25.3 Å². The molecule has 0 bridgehead atoms. The van der Waals surface area contributed by atoms with Crippen LogP contribution in [-0.4, -0.2) is 16.9 Å². The third-order valence-electron chi connectivity index (χ3n) is 4.42. The van der Waals surface area contributed by atoms with E-state index in [9.17, 15) is 18.0 Å². The fourth-order valence-corrected chi connectivity index (χ4v) is 3.05. The van der Waals surface area contributed by atoms with Crippen molar-refractivity contribution in [1.82, 2.24) is 10.3 Å². The summed E-state index contributed by atoms with van der Waals surface area (Å²) < 4.78 is 38.3. The van der Waals surface area contributed by atoms with Crippen LogP contribution >= 0.6 is 0 Å². The molecule has 0 aliphatic heterocycles. The Hall–Kier alpha value is -2.57. The number of carbonyl (C=O) groups excluding carboxylic acids is 1. The molecule has 2 aromatic rings. The van der Waals surface area contributed by atoms with Crippen molar-refractivity contribution in [3.05, 3.63) is 53.9 Å². The number of aromatic nitrogens is 1. The number of alkyl halides is 3. The van der Waals surface area contributed by atoms with Gasteiger partial charge in [0.2, 0.25) is 0 Å². The van der Waals surface area contributed by atoms with Crippen LogP contribution in [0.15, 0.2) is 42.6 Å². The summed E-state index contributed by atoms with van der Waals surface area (Å²) in [7, 11) is 0. The van der Waals surface area contributed by atoms with Crippen LogP contribution in [-0.2, 0) is 6.18 Å². The summed E-state index contributed by atoms with van der Waals surface area (Å²) >= 11 is 0. The molecule has 4 nitrogen and oxygen atoms in total. The van der Waals surface area contributed by atoms with Gasteiger partial charge >= 0.3 is 6.18 Å². The third-order valence-corrected chi connectivity index (χ3v) is 4.42. The van der Waals surface area contributed by atoms with Crippen molar-refractivity contribution in [1.29, 1.82) is 0 Å². The number of halogens is 3. The highest BCUT2D eigenvalue weighted by molar-refractivity contribution is 5.92. The van der Waals surface area contributed by atoms with E-state index in [2.05, 4.69) is 15.6 Å². The summed E-state index contributed by atoms with van der Waals surface area (Å²) in [5.74, 6) is -0.220. The average Bonchev–Trinajstić information content (AvgIpc) is 2.63. The van der Waals surface area contributed by atoms with Gasteiger partial charge in [0.1, 0.15) is 5.69 Å². The second-order valence-electron chi connectivity index (χ2n) is 6.44. The van der Waals surface area contributed by atoms with Crippen LogP contribution in [0.3, 0.4) is 0 Å². The van der Waals surface area contributed by atoms with Crippen molar-refractivity contribution in [3.8, 4) is 0 Å². The molecular formula is C19H20F3N3O. The maximum absolute atomic E-state index is 12.8. The molecule has 1 aliphatic carbocycles. The summed E-state index contributed by atoms with van der Waals surface area (Å²) in [5, 5.41) is 5.85. The Morgan fingerprint density at radius 1 is 1.04 bits per heavy atom. The Morgan fingerprint density at radius 2 is 1.81 bits per heavy atom. The molecule has 1 fully saturated rings. The Kier molecular flexibility index (Phi) is 5.44. The zero-order valence-corrected chi connectivity index (χ0v) is 14.1. The normalized spacial score (nSPS) is 15.5. The lowest BCUT2D eigenvalue weighted by Gasteiger charge is -2.22. The summed E-state index contributed by atoms with van der Waals surface area (Å²) in [5.41, 5.74) is 0.392. The van der Waals surface area contributed by atoms with E-state index in [1.165, 1.54) is 18.7 Å². The summed E-state index contributed by atoms with van der Waals surface area (Å²) in [6, 6.07) is 8.31. The van der Waals surface area contributed by atoms with Gasteiger partial charge in [0.15, 0.2) is 0 Å². The zero-order valence-electron chi connectivity index (χ0n) is 14.1. The van der Waals surface area contributed by atoms with E-state index in [0.717, 1.165) is 37.8 Å². The third kappa shape index (κ3) is 4.74. The van der Waals surface area contributed by atoms with E-state index >= 15 is 0 Å². The lowest BCUT2D eigenvalue weighted by atomic mass is 9.95. The van der Waals surface area contributed by atoms with Crippen LogP contribution in [0.1, 0.15) is 48.2 Å². The molecule has 7 heteroatoms. The lowest BCUT2D eigenvalue weighted by Crippen LogP contribution is -2.36. The quantitative estimate of drug-likeness (QED) is 0.812. The maximum Gasteiger partial charge on any atom is 0.416 e. The van der Waals surface area contributed by atoms with Crippen molar-refractivity contribution in [2.24, 2.45) is 0 Å². The van der Waals surface area contributed by atoms with Gasteiger partial charge in [-0.2, -0.15) is 13.2 Å².